The largest absolute Gasteiger partial charge is 2.00 e. The first-order valence-corrected chi connectivity index (χ1v) is 18.1. The van der Waals surface area contributed by atoms with E-state index in [4.69, 9.17) is 9.72 Å². The van der Waals surface area contributed by atoms with E-state index in [1.807, 2.05) is 49.0 Å². The molecule has 0 fully saturated rings. The fourth-order valence-electron chi connectivity index (χ4n) is 8.10. The molecule has 4 aromatic heterocycles. The van der Waals surface area contributed by atoms with E-state index in [9.17, 15) is 0 Å². The van der Waals surface area contributed by atoms with Gasteiger partial charge in [0.15, 0.2) is 0 Å². The standard InChI is InChI=1S/C46H39N5O.Pt/c1-7-32-14-11-19-39-40-20-12-15-33(8-2)45(40)50(44(32)39)43-28(3)27-47-46(31(43)6)49-41-21-10-9-18-37(41)38-23-22-36(26-42(38)49)52-35-17-13-16-34(25-35)51-30(5)24-29(4)48-51;/h9-24,27H,7-8H2,1-6H3;/q-2;+2. The minimum absolute atomic E-state index is 0. The second-order valence-electron chi connectivity index (χ2n) is 13.7. The van der Waals surface area contributed by atoms with Crippen LogP contribution in [0.1, 0.15) is 47.5 Å². The van der Waals surface area contributed by atoms with Gasteiger partial charge in [0.1, 0.15) is 5.82 Å². The van der Waals surface area contributed by atoms with Gasteiger partial charge in [-0.05, 0) is 80.4 Å². The van der Waals surface area contributed by atoms with Gasteiger partial charge in [0, 0.05) is 45.2 Å². The minimum Gasteiger partial charge on any atom is -0.509 e. The Morgan fingerprint density at radius 2 is 1.32 bits per heavy atom. The zero-order chi connectivity index (χ0) is 35.7. The quantitative estimate of drug-likeness (QED) is 0.150. The van der Waals surface area contributed by atoms with Gasteiger partial charge in [-0.15, -0.1) is 35.7 Å². The number of ether oxygens (including phenoxy) is 1. The molecule has 0 aliphatic heterocycles. The van der Waals surface area contributed by atoms with Gasteiger partial charge in [0.05, 0.1) is 22.4 Å². The Hall–Kier alpha value is -5.45. The summed E-state index contributed by atoms with van der Waals surface area (Å²) in [6, 6.07) is 41.1. The summed E-state index contributed by atoms with van der Waals surface area (Å²) in [4.78, 5) is 5.18. The summed E-state index contributed by atoms with van der Waals surface area (Å²) >= 11 is 0. The average Bonchev–Trinajstić information content (AvgIpc) is 3.80. The second kappa shape index (κ2) is 13.5. The van der Waals surface area contributed by atoms with Crippen molar-refractivity contribution in [1.82, 2.24) is 23.9 Å². The molecule has 4 heterocycles. The summed E-state index contributed by atoms with van der Waals surface area (Å²) < 4.78 is 13.1. The van der Waals surface area contributed by atoms with Crippen molar-refractivity contribution in [3.8, 4) is 28.7 Å². The summed E-state index contributed by atoms with van der Waals surface area (Å²) in [7, 11) is 0. The van der Waals surface area contributed by atoms with Gasteiger partial charge in [-0.2, -0.15) is 17.2 Å². The van der Waals surface area contributed by atoms with E-state index < -0.39 is 0 Å². The first kappa shape index (κ1) is 34.6. The van der Waals surface area contributed by atoms with E-state index in [0.717, 1.165) is 68.7 Å². The molecule has 0 bridgehead atoms. The number of para-hydroxylation sites is 3. The number of pyridine rings is 1. The molecule has 6 nitrogen and oxygen atoms in total. The van der Waals surface area contributed by atoms with Crippen molar-refractivity contribution in [1.29, 1.82) is 0 Å². The van der Waals surface area contributed by atoms with Crippen molar-refractivity contribution < 1.29 is 25.8 Å². The molecule has 7 heteroatoms. The molecular formula is C46H39N5OPt. The summed E-state index contributed by atoms with van der Waals surface area (Å²) in [5.41, 5.74) is 13.4. The van der Waals surface area contributed by atoms with Gasteiger partial charge in [-0.1, -0.05) is 74.0 Å². The number of rotatable bonds is 7. The number of nitrogens with zero attached hydrogens (tertiary/aromatic N) is 5. The average molecular weight is 873 g/mol. The molecule has 0 N–H and O–H groups in total. The Morgan fingerprint density at radius 3 is 2.00 bits per heavy atom. The van der Waals surface area contributed by atoms with E-state index >= 15 is 0 Å². The molecular weight excluding hydrogens is 834 g/mol. The molecule has 0 aliphatic rings. The zero-order valence-electron chi connectivity index (χ0n) is 30.7. The molecule has 0 aliphatic carbocycles. The maximum Gasteiger partial charge on any atom is 2.00 e. The fraction of sp³-hybridized carbons (Fsp3) is 0.174. The first-order valence-electron chi connectivity index (χ1n) is 18.1. The van der Waals surface area contributed by atoms with E-state index in [-0.39, 0.29) is 21.1 Å². The minimum atomic E-state index is 0. The Labute approximate surface area is 323 Å². The van der Waals surface area contributed by atoms with Crippen LogP contribution in [0.2, 0.25) is 0 Å². The van der Waals surface area contributed by atoms with Gasteiger partial charge in [0.2, 0.25) is 0 Å². The second-order valence-corrected chi connectivity index (χ2v) is 13.7. The van der Waals surface area contributed by atoms with E-state index in [2.05, 4.69) is 127 Å². The maximum absolute atomic E-state index is 6.47. The molecule has 0 amide bonds. The maximum atomic E-state index is 6.47. The predicted molar refractivity (Wildman–Crippen MR) is 212 cm³/mol. The number of fused-ring (bicyclic) bond motifs is 6. The molecule has 9 rings (SSSR count). The molecule has 264 valence electrons. The van der Waals surface area contributed by atoms with E-state index in [0.29, 0.717) is 11.5 Å². The number of hydrogen-bond acceptors (Lipinski definition) is 3. The number of aromatic nitrogens is 5. The van der Waals surface area contributed by atoms with Gasteiger partial charge < -0.3 is 13.9 Å². The van der Waals surface area contributed by atoms with Crippen LogP contribution in [0.5, 0.6) is 11.5 Å². The van der Waals surface area contributed by atoms with Crippen LogP contribution in [-0.2, 0) is 33.9 Å². The van der Waals surface area contributed by atoms with Crippen molar-refractivity contribution in [2.24, 2.45) is 0 Å². The normalized spacial score (nSPS) is 11.6. The number of benzene rings is 5. The van der Waals surface area contributed by atoms with Gasteiger partial charge >= 0.3 is 21.1 Å². The predicted octanol–water partition coefficient (Wildman–Crippen LogP) is 11.2. The van der Waals surface area contributed by atoms with Crippen LogP contribution in [0.25, 0.3) is 60.8 Å². The van der Waals surface area contributed by atoms with Gasteiger partial charge in [-0.3, -0.25) is 4.68 Å². The Bertz CT molecular complexity index is 2800. The Morgan fingerprint density at radius 1 is 0.660 bits per heavy atom. The summed E-state index contributed by atoms with van der Waals surface area (Å²) in [5.74, 6) is 2.07. The van der Waals surface area contributed by atoms with E-state index in [1.54, 1.807) is 0 Å². The molecule has 0 saturated carbocycles. The van der Waals surface area contributed by atoms with Crippen molar-refractivity contribution in [3.05, 3.63) is 149 Å². The zero-order valence-corrected chi connectivity index (χ0v) is 33.0. The van der Waals surface area contributed by atoms with Gasteiger partial charge in [0.25, 0.3) is 0 Å². The summed E-state index contributed by atoms with van der Waals surface area (Å²) in [5, 5.41) is 9.44. The van der Waals surface area contributed by atoms with Crippen LogP contribution in [-0.4, -0.2) is 23.9 Å². The number of hydrogen-bond donors (Lipinski definition) is 0. The summed E-state index contributed by atoms with van der Waals surface area (Å²) in [6.45, 7) is 12.9. The molecule has 0 radical (unpaired) electrons. The number of aryl methyl sites for hydroxylation is 5. The van der Waals surface area contributed by atoms with Crippen LogP contribution < -0.4 is 4.74 Å². The third-order valence-electron chi connectivity index (χ3n) is 10.4. The molecule has 0 spiro atoms. The topological polar surface area (TPSA) is 49.8 Å². The van der Waals surface area contributed by atoms with Crippen LogP contribution in [0.3, 0.4) is 0 Å². The van der Waals surface area contributed by atoms with Crippen LogP contribution in [0.4, 0.5) is 0 Å². The Kier molecular flexibility index (Phi) is 8.83. The Balaban J connectivity index is 0.00000400. The molecule has 0 saturated heterocycles. The molecule has 53 heavy (non-hydrogen) atoms. The first-order chi connectivity index (χ1) is 25.4. The molecule has 0 unspecified atom stereocenters. The molecule has 9 aromatic rings. The smallest absolute Gasteiger partial charge is 0.509 e. The van der Waals surface area contributed by atoms with Crippen LogP contribution in [0, 0.1) is 39.8 Å². The fourth-order valence-corrected chi connectivity index (χ4v) is 8.10. The molecule has 5 aromatic carbocycles. The van der Waals surface area contributed by atoms with Crippen molar-refractivity contribution in [2.45, 2.75) is 54.4 Å². The van der Waals surface area contributed by atoms with Crippen molar-refractivity contribution in [3.63, 3.8) is 0 Å². The monoisotopic (exact) mass is 872 g/mol. The third kappa shape index (κ3) is 5.50. The van der Waals surface area contributed by atoms with Crippen LogP contribution in [0.15, 0.2) is 103 Å². The summed E-state index contributed by atoms with van der Waals surface area (Å²) in [6.07, 6.45) is 3.91. The van der Waals surface area contributed by atoms with Gasteiger partial charge in [-0.25, -0.2) is 4.98 Å². The van der Waals surface area contributed by atoms with E-state index in [1.165, 1.54) is 38.6 Å². The van der Waals surface area contributed by atoms with Crippen LogP contribution >= 0.6 is 0 Å². The third-order valence-corrected chi connectivity index (χ3v) is 10.4. The SMILES string of the molecule is CCc1cccc2c3cccc(CC)c3n(-c3c(C)cnc(-n4c5[c-]c(Oc6[c-]c(-n7nc(C)cc7C)ccc6)ccc5c5ccccc54)c3C)c12.[Pt+2]. The van der Waals surface area contributed by atoms with Crippen molar-refractivity contribution in [2.75, 3.05) is 0 Å². The van der Waals surface area contributed by atoms with Crippen molar-refractivity contribution >= 4 is 43.6 Å². The molecule has 0 atom stereocenters.